The van der Waals surface area contributed by atoms with Gasteiger partial charge in [-0.3, -0.25) is 14.2 Å². The molecule has 122 valence electrons. The van der Waals surface area contributed by atoms with Crippen LogP contribution in [0.2, 0.25) is 5.02 Å². The molecule has 1 fully saturated rings. The van der Waals surface area contributed by atoms with Crippen LogP contribution in [0.5, 0.6) is 0 Å². The smallest absolute Gasteiger partial charge is 0.329 e. The summed E-state index contributed by atoms with van der Waals surface area (Å²) in [6.07, 6.45) is 0.136. The Hall–Kier alpha value is -2.38. The van der Waals surface area contributed by atoms with Crippen molar-refractivity contribution >= 4 is 39.1 Å². The van der Waals surface area contributed by atoms with E-state index in [2.05, 4.69) is 10.3 Å². The Morgan fingerprint density at radius 2 is 2.00 bits per heavy atom. The standard InChI is InChI=1S/C16H12ClN3O3S/c17-10-4-2-1-3-9(10)12-6-11-14(24-12)15(22)20(16(23)19-11)8-5-13(21)18-7-8/h1-4,6,8H,5,7H2,(H,18,21)(H,19,23)/t8-/m0/s1. The largest absolute Gasteiger partial charge is 0.354 e. The van der Waals surface area contributed by atoms with E-state index in [4.69, 9.17) is 11.6 Å². The number of carbonyl (C=O) groups is 1. The summed E-state index contributed by atoms with van der Waals surface area (Å²) >= 11 is 7.49. The van der Waals surface area contributed by atoms with Gasteiger partial charge in [-0.2, -0.15) is 0 Å². The summed E-state index contributed by atoms with van der Waals surface area (Å²) in [5, 5.41) is 3.22. The molecule has 0 radical (unpaired) electrons. The minimum Gasteiger partial charge on any atom is -0.354 e. The van der Waals surface area contributed by atoms with Gasteiger partial charge in [0.2, 0.25) is 5.91 Å². The molecular formula is C16H12ClN3O3S. The number of benzene rings is 1. The Kier molecular flexibility index (Phi) is 3.54. The highest BCUT2D eigenvalue weighted by molar-refractivity contribution is 7.22. The third-order valence-electron chi connectivity index (χ3n) is 4.07. The van der Waals surface area contributed by atoms with Crippen LogP contribution in [-0.2, 0) is 4.79 Å². The van der Waals surface area contributed by atoms with Crippen LogP contribution < -0.4 is 16.6 Å². The van der Waals surface area contributed by atoms with Gasteiger partial charge in [-0.25, -0.2) is 4.79 Å². The lowest BCUT2D eigenvalue weighted by atomic mass is 10.2. The number of H-pyrrole nitrogens is 1. The lowest BCUT2D eigenvalue weighted by Crippen LogP contribution is -2.38. The predicted octanol–water partition coefficient (Wildman–Crippen LogP) is 2.13. The predicted molar refractivity (Wildman–Crippen MR) is 93.8 cm³/mol. The van der Waals surface area contributed by atoms with Crippen molar-refractivity contribution < 1.29 is 4.79 Å². The van der Waals surface area contributed by atoms with Crippen molar-refractivity contribution in [2.75, 3.05) is 6.54 Å². The van der Waals surface area contributed by atoms with E-state index in [9.17, 15) is 14.4 Å². The normalized spacial score (nSPS) is 17.4. The molecule has 8 heteroatoms. The highest BCUT2D eigenvalue weighted by atomic mass is 35.5. The first-order valence-electron chi connectivity index (χ1n) is 7.34. The number of halogens is 1. The molecule has 1 aromatic carbocycles. The third-order valence-corrected chi connectivity index (χ3v) is 5.55. The number of thiophene rings is 1. The zero-order valence-electron chi connectivity index (χ0n) is 12.3. The van der Waals surface area contributed by atoms with Crippen molar-refractivity contribution in [3.05, 3.63) is 56.2 Å². The number of hydrogen-bond acceptors (Lipinski definition) is 4. The number of rotatable bonds is 2. The van der Waals surface area contributed by atoms with Gasteiger partial charge in [-0.1, -0.05) is 29.8 Å². The molecule has 0 bridgehead atoms. The Morgan fingerprint density at radius 3 is 2.71 bits per heavy atom. The Balaban J connectivity index is 1.91. The molecule has 3 aromatic rings. The summed E-state index contributed by atoms with van der Waals surface area (Å²) in [4.78, 5) is 40.0. The number of amides is 1. The average molecular weight is 362 g/mol. The first-order chi connectivity index (χ1) is 11.5. The molecule has 3 heterocycles. The molecular weight excluding hydrogens is 350 g/mol. The second kappa shape index (κ2) is 5.61. The quantitative estimate of drug-likeness (QED) is 0.733. The van der Waals surface area contributed by atoms with Gasteiger partial charge >= 0.3 is 5.69 Å². The second-order valence-corrected chi connectivity index (χ2v) is 7.06. The van der Waals surface area contributed by atoms with E-state index in [1.165, 1.54) is 11.3 Å². The number of fused-ring (bicyclic) bond motifs is 1. The second-order valence-electron chi connectivity index (χ2n) is 5.60. The first kappa shape index (κ1) is 15.2. The summed E-state index contributed by atoms with van der Waals surface area (Å²) in [7, 11) is 0. The van der Waals surface area contributed by atoms with Crippen molar-refractivity contribution in [2.24, 2.45) is 0 Å². The molecule has 1 atom stereocenters. The molecule has 1 saturated heterocycles. The van der Waals surface area contributed by atoms with Gasteiger partial charge in [0.15, 0.2) is 0 Å². The highest BCUT2D eigenvalue weighted by Crippen LogP contribution is 2.34. The van der Waals surface area contributed by atoms with Crippen LogP contribution in [0.15, 0.2) is 39.9 Å². The molecule has 1 aliphatic rings. The zero-order chi connectivity index (χ0) is 16.8. The molecule has 0 spiro atoms. The van der Waals surface area contributed by atoms with E-state index in [0.29, 0.717) is 15.2 Å². The van der Waals surface area contributed by atoms with Gasteiger partial charge in [-0.05, 0) is 12.1 Å². The fourth-order valence-corrected chi connectivity index (χ4v) is 4.30. The molecule has 0 saturated carbocycles. The third kappa shape index (κ3) is 2.37. The maximum Gasteiger partial charge on any atom is 0.329 e. The summed E-state index contributed by atoms with van der Waals surface area (Å²) in [6, 6.07) is 8.64. The molecule has 2 N–H and O–H groups in total. The van der Waals surface area contributed by atoms with Crippen molar-refractivity contribution in [2.45, 2.75) is 12.5 Å². The minimum atomic E-state index is -0.502. The summed E-state index contributed by atoms with van der Waals surface area (Å²) in [6.45, 7) is 0.288. The van der Waals surface area contributed by atoms with Crippen molar-refractivity contribution in [1.29, 1.82) is 0 Å². The number of aromatic amines is 1. The van der Waals surface area contributed by atoms with Crippen LogP contribution in [0.4, 0.5) is 0 Å². The number of aromatic nitrogens is 2. The van der Waals surface area contributed by atoms with Gasteiger partial charge in [0.25, 0.3) is 5.56 Å². The zero-order valence-corrected chi connectivity index (χ0v) is 13.9. The monoisotopic (exact) mass is 361 g/mol. The molecule has 4 rings (SSSR count). The van der Waals surface area contributed by atoms with Gasteiger partial charge in [0.1, 0.15) is 4.70 Å². The maximum atomic E-state index is 12.8. The molecule has 6 nitrogen and oxygen atoms in total. The van der Waals surface area contributed by atoms with E-state index in [0.717, 1.165) is 15.0 Å². The van der Waals surface area contributed by atoms with Crippen LogP contribution in [0, 0.1) is 0 Å². The Bertz CT molecular complexity index is 1080. The summed E-state index contributed by atoms with van der Waals surface area (Å²) < 4.78 is 1.58. The highest BCUT2D eigenvalue weighted by Gasteiger charge is 2.26. The Labute approximate surface area is 144 Å². The fraction of sp³-hybridized carbons (Fsp3) is 0.188. The molecule has 2 aromatic heterocycles. The van der Waals surface area contributed by atoms with Crippen LogP contribution in [0.3, 0.4) is 0 Å². The van der Waals surface area contributed by atoms with E-state index in [1.54, 1.807) is 12.1 Å². The topological polar surface area (TPSA) is 84.0 Å². The van der Waals surface area contributed by atoms with Crippen LogP contribution in [0.25, 0.3) is 20.7 Å². The molecule has 0 unspecified atom stereocenters. The lowest BCUT2D eigenvalue weighted by molar-refractivity contribution is -0.119. The van der Waals surface area contributed by atoms with Crippen LogP contribution in [0.1, 0.15) is 12.5 Å². The van der Waals surface area contributed by atoms with Crippen molar-refractivity contribution in [3.8, 4) is 10.4 Å². The van der Waals surface area contributed by atoms with Gasteiger partial charge in [0.05, 0.1) is 11.6 Å². The van der Waals surface area contributed by atoms with Crippen LogP contribution in [-0.4, -0.2) is 22.0 Å². The SMILES string of the molecule is O=C1C[C@H](n2c(=O)[nH]c3cc(-c4ccccc4Cl)sc3c2=O)CN1. The number of nitrogens with one attached hydrogen (secondary N) is 2. The number of carbonyl (C=O) groups excluding carboxylic acids is 1. The summed E-state index contributed by atoms with van der Waals surface area (Å²) in [5.74, 6) is -0.158. The fourth-order valence-electron chi connectivity index (χ4n) is 2.92. The number of nitrogens with zero attached hydrogens (tertiary/aromatic N) is 1. The maximum absolute atomic E-state index is 12.8. The van der Waals surface area contributed by atoms with Gasteiger partial charge in [-0.15, -0.1) is 11.3 Å². The van der Waals surface area contributed by atoms with Crippen molar-refractivity contribution in [1.82, 2.24) is 14.9 Å². The molecule has 1 aliphatic heterocycles. The minimum absolute atomic E-state index is 0.136. The van der Waals surface area contributed by atoms with Gasteiger partial charge < -0.3 is 10.3 Å². The Morgan fingerprint density at radius 1 is 1.21 bits per heavy atom. The van der Waals surface area contributed by atoms with E-state index in [-0.39, 0.29) is 24.4 Å². The molecule has 0 aliphatic carbocycles. The van der Waals surface area contributed by atoms with E-state index in [1.807, 2.05) is 18.2 Å². The van der Waals surface area contributed by atoms with Crippen LogP contribution >= 0.6 is 22.9 Å². The number of hydrogen-bond donors (Lipinski definition) is 2. The average Bonchev–Trinajstić information content (AvgIpc) is 3.14. The van der Waals surface area contributed by atoms with Gasteiger partial charge in [0, 0.05) is 28.4 Å². The summed E-state index contributed by atoms with van der Waals surface area (Å²) in [5.41, 5.74) is 0.416. The van der Waals surface area contributed by atoms with Crippen molar-refractivity contribution in [3.63, 3.8) is 0 Å². The van der Waals surface area contributed by atoms with E-state index < -0.39 is 11.7 Å². The molecule has 24 heavy (non-hydrogen) atoms. The molecule has 1 amide bonds. The van der Waals surface area contributed by atoms with E-state index >= 15 is 0 Å². The lowest BCUT2D eigenvalue weighted by Gasteiger charge is -2.09. The first-order valence-corrected chi connectivity index (χ1v) is 8.54.